The van der Waals surface area contributed by atoms with Crippen LogP contribution in [-0.2, 0) is 22.2 Å². The van der Waals surface area contributed by atoms with Gasteiger partial charge in [-0.2, -0.15) is 13.2 Å². The minimum Gasteiger partial charge on any atom is -0.465 e. The first-order valence-electron chi connectivity index (χ1n) is 18.6. The zero-order valence-corrected chi connectivity index (χ0v) is 30.8. The Balaban J connectivity index is 1.15. The number of alkyl halides is 3. The highest BCUT2D eigenvalue weighted by Gasteiger charge is 2.35. The van der Waals surface area contributed by atoms with Gasteiger partial charge < -0.3 is 36.3 Å². The fourth-order valence-corrected chi connectivity index (χ4v) is 7.41. The molecule has 1 saturated carbocycles. The van der Waals surface area contributed by atoms with Gasteiger partial charge in [0.15, 0.2) is 0 Å². The second-order valence-electron chi connectivity index (χ2n) is 14.8. The molecular formula is C40H46F3N7O5. The van der Waals surface area contributed by atoms with Crippen molar-refractivity contribution in [1.82, 2.24) is 30.8 Å². The van der Waals surface area contributed by atoms with Gasteiger partial charge in [0.2, 0.25) is 17.6 Å². The van der Waals surface area contributed by atoms with Gasteiger partial charge in [0, 0.05) is 36.2 Å². The van der Waals surface area contributed by atoms with E-state index in [1.54, 1.807) is 0 Å². The molecule has 12 nitrogen and oxygen atoms in total. The Labute approximate surface area is 316 Å². The van der Waals surface area contributed by atoms with Crippen molar-refractivity contribution >= 4 is 40.5 Å². The number of hydrogen-bond acceptors (Lipinski definition) is 6. The van der Waals surface area contributed by atoms with Crippen LogP contribution in [0.2, 0.25) is 0 Å². The number of nitrogens with zero attached hydrogens (tertiary/aromatic N) is 2. The molecule has 4 aromatic rings. The first kappa shape index (κ1) is 39.3. The van der Waals surface area contributed by atoms with Gasteiger partial charge in [0.25, 0.3) is 5.91 Å². The van der Waals surface area contributed by atoms with Crippen molar-refractivity contribution in [2.24, 2.45) is 11.8 Å². The van der Waals surface area contributed by atoms with Crippen LogP contribution in [0, 0.1) is 18.8 Å². The summed E-state index contributed by atoms with van der Waals surface area (Å²) < 4.78 is 39.7. The molecule has 2 aliphatic rings. The maximum absolute atomic E-state index is 13.8. The molecule has 2 heterocycles. The summed E-state index contributed by atoms with van der Waals surface area (Å²) >= 11 is 0. The third-order valence-electron chi connectivity index (χ3n) is 10.7. The average molecular weight is 762 g/mol. The lowest BCUT2D eigenvalue weighted by atomic mass is 9.81. The number of carbonyl (C=O) groups excluding carboxylic acids is 3. The van der Waals surface area contributed by atoms with Gasteiger partial charge in [-0.15, -0.1) is 0 Å². The molecule has 6 rings (SSSR count). The Morgan fingerprint density at radius 3 is 2.31 bits per heavy atom. The highest BCUT2D eigenvalue weighted by Crippen LogP contribution is 2.31. The molecule has 1 saturated heterocycles. The molecule has 1 aliphatic carbocycles. The lowest BCUT2D eigenvalue weighted by Crippen LogP contribution is -2.48. The predicted octanol–water partition coefficient (Wildman–Crippen LogP) is 6.12. The SMILES string of the molecule is Cc1cc(C(=O)NC2CCN(C)CC2)ccc1-c1ccc(C[C@H](NC(=O)[C@H]2CC[C@H](CNC(=O)O)CC2)C(=O)Nc2ccc3[nH]c(C(F)(F)F)nc3c2)cc1. The Kier molecular flexibility index (Phi) is 12.1. The third kappa shape index (κ3) is 10.2. The van der Waals surface area contributed by atoms with Gasteiger partial charge >= 0.3 is 12.3 Å². The van der Waals surface area contributed by atoms with Crippen molar-refractivity contribution in [3.63, 3.8) is 0 Å². The van der Waals surface area contributed by atoms with E-state index in [0.29, 0.717) is 37.8 Å². The van der Waals surface area contributed by atoms with Crippen LogP contribution in [0.15, 0.2) is 60.7 Å². The van der Waals surface area contributed by atoms with E-state index in [1.807, 2.05) is 49.4 Å². The molecule has 292 valence electrons. The summed E-state index contributed by atoms with van der Waals surface area (Å²) in [6.45, 7) is 4.16. The molecule has 55 heavy (non-hydrogen) atoms. The number of hydrogen-bond donors (Lipinski definition) is 6. The number of likely N-dealkylation sites (tertiary alicyclic amines) is 1. The van der Waals surface area contributed by atoms with Crippen molar-refractivity contribution in [2.75, 3.05) is 32.0 Å². The number of aromatic nitrogens is 2. The van der Waals surface area contributed by atoms with E-state index >= 15 is 0 Å². The average Bonchev–Trinajstić information content (AvgIpc) is 3.60. The Morgan fingerprint density at radius 2 is 1.65 bits per heavy atom. The number of anilines is 1. The summed E-state index contributed by atoms with van der Waals surface area (Å²) in [5, 5.41) is 20.1. The van der Waals surface area contributed by atoms with Crippen molar-refractivity contribution in [1.29, 1.82) is 0 Å². The number of nitrogens with one attached hydrogen (secondary N) is 5. The van der Waals surface area contributed by atoms with E-state index in [2.05, 4.69) is 43.2 Å². The van der Waals surface area contributed by atoms with Crippen molar-refractivity contribution in [3.05, 3.63) is 83.2 Å². The van der Waals surface area contributed by atoms with Crippen LogP contribution in [0.3, 0.4) is 0 Å². The van der Waals surface area contributed by atoms with Gasteiger partial charge in [-0.1, -0.05) is 30.3 Å². The molecule has 0 unspecified atom stereocenters. The zero-order chi connectivity index (χ0) is 39.3. The summed E-state index contributed by atoms with van der Waals surface area (Å²) in [5.74, 6) is -2.33. The molecule has 0 radical (unpaired) electrons. The minimum atomic E-state index is -4.66. The van der Waals surface area contributed by atoms with Crippen LogP contribution in [0.1, 0.15) is 65.8 Å². The maximum Gasteiger partial charge on any atom is 0.449 e. The maximum atomic E-state index is 13.8. The van der Waals surface area contributed by atoms with Crippen LogP contribution in [0.5, 0.6) is 0 Å². The van der Waals surface area contributed by atoms with Crippen LogP contribution in [0.25, 0.3) is 22.2 Å². The van der Waals surface area contributed by atoms with Crippen molar-refractivity contribution < 1.29 is 37.5 Å². The number of imidazole rings is 1. The molecule has 1 aromatic heterocycles. The smallest absolute Gasteiger partial charge is 0.449 e. The summed E-state index contributed by atoms with van der Waals surface area (Å²) in [6, 6.07) is 16.5. The highest BCUT2D eigenvalue weighted by atomic mass is 19.4. The fourth-order valence-electron chi connectivity index (χ4n) is 7.41. The molecule has 1 aliphatic heterocycles. The number of aromatic amines is 1. The molecular weight excluding hydrogens is 715 g/mol. The first-order chi connectivity index (χ1) is 26.2. The summed E-state index contributed by atoms with van der Waals surface area (Å²) in [7, 11) is 2.08. The number of benzene rings is 3. The lowest BCUT2D eigenvalue weighted by molar-refractivity contribution is -0.144. The Hall–Kier alpha value is -5.44. The van der Waals surface area contributed by atoms with Gasteiger partial charge in [0.05, 0.1) is 11.0 Å². The quantitative estimate of drug-likeness (QED) is 0.107. The third-order valence-corrected chi connectivity index (χ3v) is 10.7. The number of carbonyl (C=O) groups is 4. The van der Waals surface area contributed by atoms with Gasteiger partial charge in [0.1, 0.15) is 6.04 Å². The van der Waals surface area contributed by atoms with Crippen molar-refractivity contribution in [3.8, 4) is 11.1 Å². The molecule has 6 N–H and O–H groups in total. The standard InChI is InChI=1S/C40H46F3N7O5/c1-23-19-28(36(52)45-29-15-17-50(2)18-16-29)11-13-31(23)26-7-3-24(4-8-26)20-34(47-35(51)27-9-5-25(6-10-27)22-44-39(54)55)37(53)46-30-12-14-32-33(21-30)49-38(48-32)40(41,42)43/h3-4,7-8,11-14,19,21,25,27,29,34,44H,5-6,9-10,15-18,20,22H2,1-2H3,(H,45,52)(H,46,53)(H,47,51)(H,48,49)(H,54,55)/t25-,27-,34-/m0/s1. The number of aryl methyl sites for hydroxylation is 1. The molecule has 0 bridgehead atoms. The van der Waals surface area contributed by atoms with Crippen LogP contribution in [-0.4, -0.2) is 82.6 Å². The van der Waals surface area contributed by atoms with E-state index < -0.39 is 30.0 Å². The van der Waals surface area contributed by atoms with Gasteiger partial charge in [-0.25, -0.2) is 9.78 Å². The summed E-state index contributed by atoms with van der Waals surface area (Å²) in [4.78, 5) is 59.3. The Morgan fingerprint density at radius 1 is 0.945 bits per heavy atom. The van der Waals surface area contributed by atoms with Crippen LogP contribution in [0.4, 0.5) is 23.7 Å². The fraction of sp³-hybridized carbons (Fsp3) is 0.425. The molecule has 1 atom stereocenters. The molecule has 0 spiro atoms. The highest BCUT2D eigenvalue weighted by molar-refractivity contribution is 5.99. The van der Waals surface area contributed by atoms with Gasteiger partial charge in [-0.05, 0) is 124 Å². The minimum absolute atomic E-state index is 0.0247. The van der Waals surface area contributed by atoms with E-state index in [9.17, 15) is 32.3 Å². The zero-order valence-electron chi connectivity index (χ0n) is 30.8. The van der Waals surface area contributed by atoms with E-state index in [-0.39, 0.29) is 52.8 Å². The van der Waals surface area contributed by atoms with Crippen LogP contribution < -0.4 is 21.3 Å². The molecule has 3 aromatic carbocycles. The second-order valence-corrected chi connectivity index (χ2v) is 14.8. The molecule has 4 amide bonds. The van der Waals surface area contributed by atoms with Crippen LogP contribution >= 0.6 is 0 Å². The van der Waals surface area contributed by atoms with E-state index in [4.69, 9.17) is 5.11 Å². The Bertz CT molecular complexity index is 2020. The van der Waals surface area contributed by atoms with E-state index in [0.717, 1.165) is 48.2 Å². The molecule has 2 fully saturated rings. The number of rotatable bonds is 11. The molecule has 15 heteroatoms. The second kappa shape index (κ2) is 16.9. The van der Waals surface area contributed by atoms with E-state index in [1.165, 1.54) is 18.2 Å². The number of halogens is 3. The van der Waals surface area contributed by atoms with Crippen molar-refractivity contribution in [2.45, 2.75) is 70.1 Å². The normalized spacial score (nSPS) is 18.7. The lowest BCUT2D eigenvalue weighted by Gasteiger charge is -2.29. The largest absolute Gasteiger partial charge is 0.465 e. The topological polar surface area (TPSA) is 169 Å². The predicted molar refractivity (Wildman–Crippen MR) is 201 cm³/mol. The van der Waals surface area contributed by atoms with Gasteiger partial charge in [-0.3, -0.25) is 14.4 Å². The monoisotopic (exact) mass is 761 g/mol. The summed E-state index contributed by atoms with van der Waals surface area (Å²) in [5.41, 5.74) is 4.54. The number of H-pyrrole nitrogens is 1. The number of piperidine rings is 1. The summed E-state index contributed by atoms with van der Waals surface area (Å²) in [6.07, 6.45) is -1.40. The number of carboxylic acid groups (broad SMARTS) is 1. The first-order valence-corrected chi connectivity index (χ1v) is 18.6. The number of amides is 4. The number of fused-ring (bicyclic) bond motifs is 1.